The van der Waals surface area contributed by atoms with Crippen molar-refractivity contribution in [3.05, 3.63) is 29.8 Å². The fourth-order valence-electron chi connectivity index (χ4n) is 2.97. The molecule has 0 aliphatic rings. The molecule has 1 aromatic rings. The fourth-order valence-corrected chi connectivity index (χ4v) is 2.97. The van der Waals surface area contributed by atoms with Gasteiger partial charge in [-0.1, -0.05) is 5.92 Å². The second-order valence-electron chi connectivity index (χ2n) is 8.30. The van der Waals surface area contributed by atoms with E-state index in [9.17, 15) is 4.79 Å². The van der Waals surface area contributed by atoms with E-state index in [2.05, 4.69) is 5.92 Å². The lowest BCUT2D eigenvalue weighted by Crippen LogP contribution is -2.15. The fraction of sp³-hybridized carbons (Fsp3) is 0.700. The van der Waals surface area contributed by atoms with Gasteiger partial charge >= 0.3 is 0 Å². The van der Waals surface area contributed by atoms with Gasteiger partial charge in [-0.05, 0) is 24.3 Å². The number of hydrogen-bond donors (Lipinski definition) is 0. The number of ether oxygens (including phenoxy) is 11. The number of benzene rings is 1. The van der Waals surface area contributed by atoms with E-state index in [0.717, 1.165) is 6.29 Å². The van der Waals surface area contributed by atoms with E-state index in [0.29, 0.717) is 150 Å². The summed E-state index contributed by atoms with van der Waals surface area (Å²) in [5.74, 6) is 3.10. The van der Waals surface area contributed by atoms with Crippen molar-refractivity contribution in [3.8, 4) is 18.1 Å². The van der Waals surface area contributed by atoms with Crippen molar-refractivity contribution >= 4 is 6.29 Å². The molecule has 12 heteroatoms. The molecule has 0 atom stereocenters. The molecule has 0 unspecified atom stereocenters. The van der Waals surface area contributed by atoms with Crippen LogP contribution < -0.4 is 4.74 Å². The first-order chi connectivity index (χ1) is 20.9. The van der Waals surface area contributed by atoms with E-state index >= 15 is 0 Å². The summed E-state index contributed by atoms with van der Waals surface area (Å²) in [5.41, 5.74) is 0.617. The summed E-state index contributed by atoms with van der Waals surface area (Å²) in [7, 11) is 0. The number of hydrogen-bond acceptors (Lipinski definition) is 12. The molecule has 0 aliphatic carbocycles. The van der Waals surface area contributed by atoms with E-state index in [1.807, 2.05) is 0 Å². The van der Waals surface area contributed by atoms with E-state index in [4.69, 9.17) is 58.5 Å². The summed E-state index contributed by atoms with van der Waals surface area (Å²) in [6.45, 7) is 10.2. The Morgan fingerprint density at radius 1 is 0.452 bits per heavy atom. The number of terminal acetylenes is 1. The molecular formula is C30H48O12. The predicted octanol–water partition coefficient (Wildman–Crippen LogP) is 1.68. The SMILES string of the molecule is C#CCOCCOCCOCCOCCOCCOCCOCCOCCOCCOCCOc1ccc(C=O)cc1. The van der Waals surface area contributed by atoms with Gasteiger partial charge in [0.15, 0.2) is 0 Å². The summed E-state index contributed by atoms with van der Waals surface area (Å²) in [6.07, 6.45) is 5.87. The van der Waals surface area contributed by atoms with E-state index in [1.54, 1.807) is 24.3 Å². The van der Waals surface area contributed by atoms with Crippen LogP contribution in [0.15, 0.2) is 24.3 Å². The first-order valence-corrected chi connectivity index (χ1v) is 14.3. The molecule has 0 aliphatic heterocycles. The smallest absolute Gasteiger partial charge is 0.150 e. The summed E-state index contributed by atoms with van der Waals surface area (Å²) >= 11 is 0. The zero-order chi connectivity index (χ0) is 30.0. The molecule has 12 nitrogen and oxygen atoms in total. The van der Waals surface area contributed by atoms with Crippen molar-refractivity contribution in [2.24, 2.45) is 0 Å². The monoisotopic (exact) mass is 600 g/mol. The zero-order valence-corrected chi connectivity index (χ0v) is 24.7. The van der Waals surface area contributed by atoms with Crippen molar-refractivity contribution < 1.29 is 56.9 Å². The Hall–Kier alpha value is -2.15. The molecule has 0 N–H and O–H groups in total. The van der Waals surface area contributed by atoms with Crippen molar-refractivity contribution in [1.29, 1.82) is 0 Å². The highest BCUT2D eigenvalue weighted by atomic mass is 16.6. The molecule has 1 rings (SSSR count). The standard InChI is InChI=1S/C30H48O12/c1-2-7-32-8-9-33-10-11-34-12-13-35-14-15-36-16-17-37-18-19-38-20-21-39-22-23-40-24-25-41-26-27-42-30-5-3-29(28-31)4-6-30/h1,3-6,28H,7-27H2. The van der Waals surface area contributed by atoms with Crippen LogP contribution in [0.2, 0.25) is 0 Å². The second kappa shape index (κ2) is 31.8. The van der Waals surface area contributed by atoms with Crippen LogP contribution in [0.1, 0.15) is 10.4 Å². The van der Waals surface area contributed by atoms with Crippen LogP contribution in [0.5, 0.6) is 5.75 Å². The van der Waals surface area contributed by atoms with Gasteiger partial charge in [-0.3, -0.25) is 4.79 Å². The molecule has 0 fully saturated rings. The maximum atomic E-state index is 10.6. The second-order valence-corrected chi connectivity index (χ2v) is 8.30. The summed E-state index contributed by atoms with van der Waals surface area (Å²) < 4.78 is 59.5. The minimum absolute atomic E-state index is 0.305. The van der Waals surface area contributed by atoms with Crippen LogP contribution in [0.3, 0.4) is 0 Å². The molecule has 0 amide bonds. The molecule has 0 spiro atoms. The molecule has 0 saturated heterocycles. The lowest BCUT2D eigenvalue weighted by Gasteiger charge is -2.09. The molecule has 0 saturated carbocycles. The van der Waals surface area contributed by atoms with E-state index in [-0.39, 0.29) is 0 Å². The Bertz CT molecular complexity index is 741. The molecule has 0 aromatic heterocycles. The molecule has 0 radical (unpaired) electrons. The van der Waals surface area contributed by atoms with Gasteiger partial charge < -0.3 is 52.1 Å². The van der Waals surface area contributed by atoms with Crippen LogP contribution in [-0.2, 0) is 47.4 Å². The summed E-state index contributed by atoms with van der Waals surface area (Å²) in [4.78, 5) is 10.6. The summed E-state index contributed by atoms with van der Waals surface area (Å²) in [6, 6.07) is 6.93. The van der Waals surface area contributed by atoms with Crippen molar-refractivity contribution in [1.82, 2.24) is 0 Å². The third kappa shape index (κ3) is 26.7. The van der Waals surface area contributed by atoms with E-state index in [1.165, 1.54) is 0 Å². The maximum Gasteiger partial charge on any atom is 0.150 e. The average molecular weight is 601 g/mol. The normalized spacial score (nSPS) is 11.0. The summed E-state index contributed by atoms with van der Waals surface area (Å²) in [5, 5.41) is 0. The van der Waals surface area contributed by atoms with Gasteiger partial charge in [0.2, 0.25) is 0 Å². The third-order valence-corrected chi connectivity index (χ3v) is 5.05. The number of carbonyl (C=O) groups excluding carboxylic acids is 1. The molecule has 240 valence electrons. The zero-order valence-electron chi connectivity index (χ0n) is 24.7. The lowest BCUT2D eigenvalue weighted by atomic mass is 10.2. The topological polar surface area (TPSA) is 119 Å². The maximum absolute atomic E-state index is 10.6. The number of rotatable bonds is 33. The Kier molecular flexibility index (Phi) is 28.7. The highest BCUT2D eigenvalue weighted by Gasteiger charge is 1.97. The highest BCUT2D eigenvalue weighted by molar-refractivity contribution is 5.74. The van der Waals surface area contributed by atoms with Crippen molar-refractivity contribution in [2.45, 2.75) is 0 Å². The van der Waals surface area contributed by atoms with Gasteiger partial charge in [0.25, 0.3) is 0 Å². The largest absolute Gasteiger partial charge is 0.491 e. The molecule has 42 heavy (non-hydrogen) atoms. The molecule has 1 aromatic carbocycles. The first kappa shape index (κ1) is 37.9. The van der Waals surface area contributed by atoms with Gasteiger partial charge in [0, 0.05) is 5.56 Å². The van der Waals surface area contributed by atoms with Gasteiger partial charge in [-0.25, -0.2) is 0 Å². The third-order valence-electron chi connectivity index (χ3n) is 5.05. The van der Waals surface area contributed by atoms with Gasteiger partial charge in [0.1, 0.15) is 25.2 Å². The van der Waals surface area contributed by atoms with Gasteiger partial charge in [-0.15, -0.1) is 6.42 Å². The Morgan fingerprint density at radius 2 is 0.738 bits per heavy atom. The van der Waals surface area contributed by atoms with Crippen molar-refractivity contribution in [3.63, 3.8) is 0 Å². The molecule has 0 heterocycles. The minimum atomic E-state index is 0.305. The van der Waals surface area contributed by atoms with Crippen LogP contribution in [0.4, 0.5) is 0 Å². The van der Waals surface area contributed by atoms with Gasteiger partial charge in [-0.2, -0.15) is 0 Å². The Morgan fingerprint density at radius 3 is 1.02 bits per heavy atom. The average Bonchev–Trinajstić information content (AvgIpc) is 3.02. The number of aldehydes is 1. The molecule has 0 bridgehead atoms. The van der Waals surface area contributed by atoms with Crippen LogP contribution in [0, 0.1) is 12.3 Å². The van der Waals surface area contributed by atoms with Crippen LogP contribution in [0.25, 0.3) is 0 Å². The first-order valence-electron chi connectivity index (χ1n) is 14.3. The van der Waals surface area contributed by atoms with Crippen LogP contribution in [-0.4, -0.2) is 145 Å². The Labute approximate surface area is 250 Å². The van der Waals surface area contributed by atoms with Crippen LogP contribution >= 0.6 is 0 Å². The highest BCUT2D eigenvalue weighted by Crippen LogP contribution is 2.10. The Balaban J connectivity index is 1.65. The molecular weight excluding hydrogens is 552 g/mol. The van der Waals surface area contributed by atoms with Crippen molar-refractivity contribution in [2.75, 3.05) is 139 Å². The predicted molar refractivity (Wildman–Crippen MR) is 154 cm³/mol. The van der Waals surface area contributed by atoms with Gasteiger partial charge in [0.05, 0.1) is 126 Å². The minimum Gasteiger partial charge on any atom is -0.491 e. The van der Waals surface area contributed by atoms with E-state index < -0.39 is 0 Å². The lowest BCUT2D eigenvalue weighted by molar-refractivity contribution is -0.0264. The number of carbonyl (C=O) groups is 1. The quantitative estimate of drug-likeness (QED) is 0.0664.